The van der Waals surface area contributed by atoms with Crippen molar-refractivity contribution in [2.45, 2.75) is 13.0 Å². The van der Waals surface area contributed by atoms with Gasteiger partial charge in [-0.1, -0.05) is 18.1 Å². The number of ether oxygens (including phenoxy) is 1. The Hall–Kier alpha value is -1.99. The maximum atomic E-state index is 11.3. The molecule has 0 aliphatic rings. The molecule has 1 aromatic rings. The van der Waals surface area contributed by atoms with E-state index in [9.17, 15) is 4.79 Å². The molecule has 1 aromatic carbocycles. The van der Waals surface area contributed by atoms with Gasteiger partial charge in [0.15, 0.2) is 6.61 Å². The van der Waals surface area contributed by atoms with E-state index in [1.54, 1.807) is 0 Å². The van der Waals surface area contributed by atoms with Gasteiger partial charge in [-0.05, 0) is 31.7 Å². The maximum absolute atomic E-state index is 11.3. The van der Waals surface area contributed by atoms with Crippen molar-refractivity contribution in [2.75, 3.05) is 20.2 Å². The Bertz CT molecular complexity index is 438. The summed E-state index contributed by atoms with van der Waals surface area (Å²) < 4.78 is 5.39. The van der Waals surface area contributed by atoms with Crippen LogP contribution in [0.2, 0.25) is 0 Å². The van der Waals surface area contributed by atoms with E-state index in [2.05, 4.69) is 23.5 Å². The van der Waals surface area contributed by atoms with Crippen LogP contribution in [0.4, 0.5) is 0 Å². The normalized spacial score (nSPS) is 11.4. The zero-order valence-corrected chi connectivity index (χ0v) is 10.7. The lowest BCUT2D eigenvalue weighted by Gasteiger charge is -2.12. The summed E-state index contributed by atoms with van der Waals surface area (Å²) in [6, 6.07) is 7.88. The summed E-state index contributed by atoms with van der Waals surface area (Å²) in [4.78, 5) is 11.3. The Morgan fingerprint density at radius 2 is 2.33 bits per heavy atom. The average Bonchev–Trinajstić information content (AvgIpc) is 2.42. The summed E-state index contributed by atoms with van der Waals surface area (Å²) in [5.74, 6) is 2.78. The first-order valence-electron chi connectivity index (χ1n) is 5.77. The van der Waals surface area contributed by atoms with Crippen molar-refractivity contribution >= 4 is 5.91 Å². The highest BCUT2D eigenvalue weighted by Gasteiger charge is 2.05. The van der Waals surface area contributed by atoms with Crippen LogP contribution in [0.3, 0.4) is 0 Å². The number of benzene rings is 1. The van der Waals surface area contributed by atoms with Crippen molar-refractivity contribution in [1.29, 1.82) is 0 Å². The van der Waals surface area contributed by atoms with Gasteiger partial charge in [-0.3, -0.25) is 4.79 Å². The zero-order chi connectivity index (χ0) is 13.4. The molecule has 2 N–H and O–H groups in total. The molecular weight excluding hydrogens is 228 g/mol. The molecule has 1 unspecified atom stereocenters. The van der Waals surface area contributed by atoms with E-state index in [1.807, 2.05) is 31.3 Å². The van der Waals surface area contributed by atoms with E-state index in [4.69, 9.17) is 11.2 Å². The molecule has 0 fully saturated rings. The largest absolute Gasteiger partial charge is 0.484 e. The topological polar surface area (TPSA) is 50.4 Å². The molecule has 18 heavy (non-hydrogen) atoms. The van der Waals surface area contributed by atoms with E-state index in [0.29, 0.717) is 5.75 Å². The highest BCUT2D eigenvalue weighted by atomic mass is 16.5. The van der Waals surface area contributed by atoms with Gasteiger partial charge in [0.2, 0.25) is 0 Å². The minimum absolute atomic E-state index is 0.0287. The molecule has 0 saturated heterocycles. The predicted octanol–water partition coefficient (Wildman–Crippen LogP) is 1.10. The van der Waals surface area contributed by atoms with Crippen LogP contribution >= 0.6 is 0 Å². The Morgan fingerprint density at radius 3 is 3.00 bits per heavy atom. The van der Waals surface area contributed by atoms with Gasteiger partial charge in [0.1, 0.15) is 5.75 Å². The number of hydrogen-bond acceptors (Lipinski definition) is 3. The Labute approximate surface area is 108 Å². The van der Waals surface area contributed by atoms with Gasteiger partial charge in [0, 0.05) is 6.04 Å². The van der Waals surface area contributed by atoms with E-state index in [1.165, 1.54) is 0 Å². The quantitative estimate of drug-likeness (QED) is 0.739. The van der Waals surface area contributed by atoms with Crippen LogP contribution in [-0.2, 0) is 4.79 Å². The van der Waals surface area contributed by atoms with Crippen LogP contribution in [0.1, 0.15) is 18.5 Å². The molecule has 1 atom stereocenters. The van der Waals surface area contributed by atoms with Crippen molar-refractivity contribution in [3.8, 4) is 18.1 Å². The summed E-state index contributed by atoms with van der Waals surface area (Å²) in [5, 5.41) is 5.68. The first kappa shape index (κ1) is 14.1. The molecule has 0 spiro atoms. The average molecular weight is 246 g/mol. The van der Waals surface area contributed by atoms with E-state index in [-0.39, 0.29) is 25.1 Å². The Morgan fingerprint density at radius 1 is 1.56 bits per heavy atom. The van der Waals surface area contributed by atoms with Crippen LogP contribution in [0.5, 0.6) is 5.75 Å². The van der Waals surface area contributed by atoms with Gasteiger partial charge in [0.05, 0.1) is 6.54 Å². The summed E-state index contributed by atoms with van der Waals surface area (Å²) in [7, 11) is 1.89. The fraction of sp³-hybridized carbons (Fsp3) is 0.357. The number of amides is 1. The third-order valence-corrected chi connectivity index (χ3v) is 2.55. The summed E-state index contributed by atoms with van der Waals surface area (Å²) in [6.07, 6.45) is 5.04. The summed E-state index contributed by atoms with van der Waals surface area (Å²) in [5.41, 5.74) is 1.11. The van der Waals surface area contributed by atoms with Crippen molar-refractivity contribution in [3.63, 3.8) is 0 Å². The van der Waals surface area contributed by atoms with Crippen LogP contribution in [0, 0.1) is 12.3 Å². The van der Waals surface area contributed by atoms with Gasteiger partial charge >= 0.3 is 0 Å². The lowest BCUT2D eigenvalue weighted by atomic mass is 10.1. The van der Waals surface area contributed by atoms with Crippen molar-refractivity contribution in [1.82, 2.24) is 10.6 Å². The molecule has 96 valence electrons. The number of rotatable bonds is 6. The van der Waals surface area contributed by atoms with Gasteiger partial charge < -0.3 is 15.4 Å². The summed E-state index contributed by atoms with van der Waals surface area (Å²) >= 11 is 0. The van der Waals surface area contributed by atoms with E-state index < -0.39 is 0 Å². The Kier molecular flexibility index (Phi) is 5.75. The van der Waals surface area contributed by atoms with Crippen LogP contribution < -0.4 is 15.4 Å². The number of carbonyl (C=O) groups is 1. The van der Waals surface area contributed by atoms with Gasteiger partial charge in [-0.15, -0.1) is 6.42 Å². The molecule has 0 aliphatic heterocycles. The minimum atomic E-state index is -0.222. The second-order valence-corrected chi connectivity index (χ2v) is 3.85. The molecule has 1 amide bonds. The van der Waals surface area contributed by atoms with Crippen LogP contribution in [0.25, 0.3) is 0 Å². The van der Waals surface area contributed by atoms with Crippen molar-refractivity contribution in [2.24, 2.45) is 0 Å². The number of nitrogens with one attached hydrogen (secondary N) is 2. The lowest BCUT2D eigenvalue weighted by molar-refractivity contribution is -0.122. The molecule has 0 radical (unpaired) electrons. The molecule has 0 bridgehead atoms. The minimum Gasteiger partial charge on any atom is -0.484 e. The smallest absolute Gasteiger partial charge is 0.258 e. The molecular formula is C14H18N2O2. The second-order valence-electron chi connectivity index (χ2n) is 3.85. The van der Waals surface area contributed by atoms with Crippen LogP contribution in [-0.4, -0.2) is 26.1 Å². The van der Waals surface area contributed by atoms with E-state index >= 15 is 0 Å². The highest BCUT2D eigenvalue weighted by molar-refractivity contribution is 5.77. The molecule has 1 rings (SSSR count). The monoisotopic (exact) mass is 246 g/mol. The molecule has 4 nitrogen and oxygen atoms in total. The first-order chi connectivity index (χ1) is 8.67. The lowest BCUT2D eigenvalue weighted by Crippen LogP contribution is -2.29. The van der Waals surface area contributed by atoms with Crippen molar-refractivity contribution in [3.05, 3.63) is 29.8 Å². The SMILES string of the molecule is C#CCNC(=O)COc1cccc(C(C)NC)c1. The third-order valence-electron chi connectivity index (χ3n) is 2.55. The third kappa shape index (κ3) is 4.48. The fourth-order valence-electron chi connectivity index (χ4n) is 1.39. The number of terminal acetylenes is 1. The van der Waals surface area contributed by atoms with Gasteiger partial charge in [-0.25, -0.2) is 0 Å². The number of hydrogen-bond donors (Lipinski definition) is 2. The van der Waals surface area contributed by atoms with Crippen molar-refractivity contribution < 1.29 is 9.53 Å². The van der Waals surface area contributed by atoms with Gasteiger partial charge in [-0.2, -0.15) is 0 Å². The molecule has 0 heterocycles. The zero-order valence-electron chi connectivity index (χ0n) is 10.7. The molecule has 0 aromatic heterocycles. The van der Waals surface area contributed by atoms with Crippen LogP contribution in [0.15, 0.2) is 24.3 Å². The highest BCUT2D eigenvalue weighted by Crippen LogP contribution is 2.18. The fourth-order valence-corrected chi connectivity index (χ4v) is 1.39. The predicted molar refractivity (Wildman–Crippen MR) is 71.3 cm³/mol. The maximum Gasteiger partial charge on any atom is 0.258 e. The standard InChI is InChI=1S/C14H18N2O2/c1-4-8-16-14(17)10-18-13-7-5-6-12(9-13)11(2)15-3/h1,5-7,9,11,15H,8,10H2,2-3H3,(H,16,17). The second kappa shape index (κ2) is 7.36. The Balaban J connectivity index is 2.52. The number of carbonyl (C=O) groups excluding carboxylic acids is 1. The van der Waals surface area contributed by atoms with E-state index in [0.717, 1.165) is 5.56 Å². The molecule has 0 saturated carbocycles. The summed E-state index contributed by atoms with van der Waals surface area (Å²) in [6.45, 7) is 2.25. The van der Waals surface area contributed by atoms with Gasteiger partial charge in [0.25, 0.3) is 5.91 Å². The molecule has 0 aliphatic carbocycles. The first-order valence-corrected chi connectivity index (χ1v) is 5.77. The molecule has 4 heteroatoms.